The topological polar surface area (TPSA) is 47.1 Å². The summed E-state index contributed by atoms with van der Waals surface area (Å²) in [7, 11) is 0. The fourth-order valence-corrected chi connectivity index (χ4v) is 2.37. The van der Waals surface area contributed by atoms with E-state index < -0.39 is 0 Å². The van der Waals surface area contributed by atoms with Crippen molar-refractivity contribution in [1.82, 2.24) is 14.5 Å². The molecule has 1 aromatic heterocycles. The lowest BCUT2D eigenvalue weighted by atomic mass is 10.1. The van der Waals surface area contributed by atoms with Gasteiger partial charge in [-0.15, -0.1) is 0 Å². The molecule has 0 amide bonds. The van der Waals surface area contributed by atoms with Crippen LogP contribution in [0.25, 0.3) is 0 Å². The monoisotopic (exact) mass is 208 g/mol. The van der Waals surface area contributed by atoms with Crippen molar-refractivity contribution in [3.8, 4) is 0 Å². The molecule has 0 aliphatic carbocycles. The molecule has 1 fully saturated rings. The molecule has 1 aromatic rings. The molecule has 4 nitrogen and oxygen atoms in total. The number of aryl methyl sites for hydroxylation is 1. The van der Waals surface area contributed by atoms with E-state index in [0.29, 0.717) is 12.0 Å². The molecule has 0 radical (unpaired) electrons. The smallest absolute Gasteiger partial charge is 0.200 e. The Kier molecular flexibility index (Phi) is 2.95. The Labute approximate surface area is 91.1 Å². The van der Waals surface area contributed by atoms with Gasteiger partial charge in [0.25, 0.3) is 0 Å². The van der Waals surface area contributed by atoms with Crippen LogP contribution in [0.15, 0.2) is 6.20 Å². The normalized spacial score (nSPS) is 23.2. The van der Waals surface area contributed by atoms with Crippen molar-refractivity contribution in [3.05, 3.63) is 11.9 Å². The Balaban J connectivity index is 2.13. The number of aromatic nitrogens is 2. The number of piperidine rings is 1. The van der Waals surface area contributed by atoms with Gasteiger partial charge in [-0.1, -0.05) is 6.92 Å². The molecular weight excluding hydrogens is 188 g/mol. The summed E-state index contributed by atoms with van der Waals surface area (Å²) in [6.45, 7) is 7.67. The van der Waals surface area contributed by atoms with Gasteiger partial charge in [0.05, 0.1) is 5.69 Å². The van der Waals surface area contributed by atoms with Crippen LogP contribution in [0.4, 0.5) is 5.95 Å². The highest BCUT2D eigenvalue weighted by Crippen LogP contribution is 2.23. The largest absolute Gasteiger partial charge is 0.369 e. The lowest BCUT2D eigenvalue weighted by Gasteiger charge is -2.32. The van der Waals surface area contributed by atoms with Gasteiger partial charge in [0.15, 0.2) is 0 Å². The van der Waals surface area contributed by atoms with E-state index in [1.165, 1.54) is 19.4 Å². The molecule has 0 bridgehead atoms. The van der Waals surface area contributed by atoms with Gasteiger partial charge in [-0.25, -0.2) is 4.98 Å². The molecule has 1 atom stereocenters. The van der Waals surface area contributed by atoms with Crippen LogP contribution in [0.3, 0.4) is 0 Å². The van der Waals surface area contributed by atoms with E-state index in [1.54, 1.807) is 0 Å². The predicted octanol–water partition coefficient (Wildman–Crippen LogP) is 1.43. The third kappa shape index (κ3) is 2.15. The van der Waals surface area contributed by atoms with Gasteiger partial charge >= 0.3 is 0 Å². The summed E-state index contributed by atoms with van der Waals surface area (Å²) in [5.74, 6) is 0.662. The highest BCUT2D eigenvalue weighted by atomic mass is 15.2. The van der Waals surface area contributed by atoms with E-state index in [2.05, 4.69) is 27.6 Å². The van der Waals surface area contributed by atoms with Crippen LogP contribution in [0.1, 0.15) is 31.5 Å². The van der Waals surface area contributed by atoms with E-state index in [-0.39, 0.29) is 0 Å². The van der Waals surface area contributed by atoms with Gasteiger partial charge in [-0.3, -0.25) is 0 Å². The van der Waals surface area contributed by atoms with Crippen LogP contribution in [0.2, 0.25) is 0 Å². The van der Waals surface area contributed by atoms with E-state index >= 15 is 0 Å². The molecule has 4 heteroatoms. The molecule has 0 spiro atoms. The standard InChI is InChI=1S/C11H20N4/c1-3-14-6-4-5-10(8-14)15-7-9(2)13-11(15)12/h7,10H,3-6,8H2,1-2H3,(H2,12,13). The maximum atomic E-state index is 5.89. The molecule has 15 heavy (non-hydrogen) atoms. The van der Waals surface area contributed by atoms with E-state index in [9.17, 15) is 0 Å². The molecule has 2 rings (SSSR count). The number of hydrogen-bond donors (Lipinski definition) is 1. The van der Waals surface area contributed by atoms with E-state index in [4.69, 9.17) is 5.73 Å². The second-order valence-corrected chi connectivity index (χ2v) is 4.34. The van der Waals surface area contributed by atoms with Crippen LogP contribution in [0.5, 0.6) is 0 Å². The zero-order valence-electron chi connectivity index (χ0n) is 9.61. The molecule has 1 unspecified atom stereocenters. The number of rotatable bonds is 2. The minimum Gasteiger partial charge on any atom is -0.369 e. The first-order valence-corrected chi connectivity index (χ1v) is 5.74. The number of nitrogens with two attached hydrogens (primary N) is 1. The zero-order chi connectivity index (χ0) is 10.8. The Morgan fingerprint density at radius 3 is 3.00 bits per heavy atom. The number of anilines is 1. The summed E-state index contributed by atoms with van der Waals surface area (Å²) in [6, 6.07) is 0.514. The molecular formula is C11H20N4. The van der Waals surface area contributed by atoms with Gasteiger partial charge < -0.3 is 15.2 Å². The summed E-state index contributed by atoms with van der Waals surface area (Å²) >= 11 is 0. The van der Waals surface area contributed by atoms with Gasteiger partial charge in [0.2, 0.25) is 5.95 Å². The van der Waals surface area contributed by atoms with Crippen molar-refractivity contribution in [2.75, 3.05) is 25.4 Å². The average Bonchev–Trinajstić information content (AvgIpc) is 2.58. The molecule has 2 heterocycles. The summed E-state index contributed by atoms with van der Waals surface area (Å²) < 4.78 is 2.14. The van der Waals surface area contributed by atoms with Crippen LogP contribution in [-0.4, -0.2) is 34.1 Å². The number of nitrogens with zero attached hydrogens (tertiary/aromatic N) is 3. The summed E-state index contributed by atoms with van der Waals surface area (Å²) in [5, 5.41) is 0. The zero-order valence-corrected chi connectivity index (χ0v) is 9.61. The number of likely N-dealkylation sites (tertiary alicyclic amines) is 1. The van der Waals surface area contributed by atoms with Gasteiger partial charge in [0, 0.05) is 18.8 Å². The van der Waals surface area contributed by atoms with Gasteiger partial charge in [-0.2, -0.15) is 0 Å². The third-order valence-corrected chi connectivity index (χ3v) is 3.20. The lowest BCUT2D eigenvalue weighted by Crippen LogP contribution is -2.36. The summed E-state index contributed by atoms with van der Waals surface area (Å²) in [5.41, 5.74) is 6.91. The predicted molar refractivity (Wildman–Crippen MR) is 61.8 cm³/mol. The van der Waals surface area contributed by atoms with Crippen LogP contribution >= 0.6 is 0 Å². The first-order valence-electron chi connectivity index (χ1n) is 5.74. The third-order valence-electron chi connectivity index (χ3n) is 3.20. The average molecular weight is 208 g/mol. The maximum absolute atomic E-state index is 5.89. The SMILES string of the molecule is CCN1CCCC(n2cc(C)nc2N)C1. The second-order valence-electron chi connectivity index (χ2n) is 4.34. The fraction of sp³-hybridized carbons (Fsp3) is 0.727. The molecule has 84 valence electrons. The van der Waals surface area contributed by atoms with E-state index in [1.807, 2.05) is 6.92 Å². The maximum Gasteiger partial charge on any atom is 0.200 e. The Morgan fingerprint density at radius 1 is 1.60 bits per heavy atom. The molecule has 1 aliphatic rings. The fourth-order valence-electron chi connectivity index (χ4n) is 2.37. The van der Waals surface area contributed by atoms with Crippen molar-refractivity contribution in [1.29, 1.82) is 0 Å². The van der Waals surface area contributed by atoms with E-state index in [0.717, 1.165) is 18.8 Å². The van der Waals surface area contributed by atoms with Crippen molar-refractivity contribution in [2.24, 2.45) is 0 Å². The summed E-state index contributed by atoms with van der Waals surface area (Å²) in [4.78, 5) is 6.73. The molecule has 1 saturated heterocycles. The minimum absolute atomic E-state index is 0.514. The minimum atomic E-state index is 0.514. The molecule has 1 aliphatic heterocycles. The molecule has 0 aromatic carbocycles. The Bertz CT molecular complexity index is 331. The lowest BCUT2D eigenvalue weighted by molar-refractivity contribution is 0.186. The van der Waals surface area contributed by atoms with Crippen LogP contribution in [0, 0.1) is 6.92 Å². The first kappa shape index (κ1) is 10.5. The number of likely N-dealkylation sites (N-methyl/N-ethyl adjacent to an activating group) is 1. The van der Waals surface area contributed by atoms with Crippen molar-refractivity contribution in [3.63, 3.8) is 0 Å². The van der Waals surface area contributed by atoms with Crippen molar-refractivity contribution >= 4 is 5.95 Å². The van der Waals surface area contributed by atoms with Gasteiger partial charge in [-0.05, 0) is 32.9 Å². The molecule has 0 saturated carbocycles. The second kappa shape index (κ2) is 4.23. The number of hydrogen-bond acceptors (Lipinski definition) is 3. The number of nitrogen functional groups attached to an aromatic ring is 1. The van der Waals surface area contributed by atoms with Crippen molar-refractivity contribution < 1.29 is 0 Å². The first-order chi connectivity index (χ1) is 7.20. The molecule has 2 N–H and O–H groups in total. The van der Waals surface area contributed by atoms with Crippen LogP contribution < -0.4 is 5.73 Å². The van der Waals surface area contributed by atoms with Crippen molar-refractivity contribution in [2.45, 2.75) is 32.7 Å². The number of imidazole rings is 1. The highest BCUT2D eigenvalue weighted by molar-refractivity contribution is 5.22. The van der Waals surface area contributed by atoms with Crippen LogP contribution in [-0.2, 0) is 0 Å². The quantitative estimate of drug-likeness (QED) is 0.799. The van der Waals surface area contributed by atoms with Gasteiger partial charge in [0.1, 0.15) is 0 Å². The highest BCUT2D eigenvalue weighted by Gasteiger charge is 2.21. The summed E-state index contributed by atoms with van der Waals surface area (Å²) in [6.07, 6.45) is 4.55. The Hall–Kier alpha value is -1.03. The Morgan fingerprint density at radius 2 is 2.40 bits per heavy atom.